The van der Waals surface area contributed by atoms with Crippen molar-refractivity contribution in [1.29, 1.82) is 0 Å². The van der Waals surface area contributed by atoms with E-state index in [0.29, 0.717) is 0 Å². The van der Waals surface area contributed by atoms with Crippen LogP contribution in [0.2, 0.25) is 0 Å². The molecular formula is C14H20N2O4S. The first-order valence-electron chi connectivity index (χ1n) is 7.34. The molecule has 7 heteroatoms. The maximum absolute atomic E-state index is 12.7. The number of carbonyl (C=O) groups is 1. The van der Waals surface area contributed by atoms with Gasteiger partial charge in [-0.1, -0.05) is 12.8 Å². The van der Waals surface area contributed by atoms with Gasteiger partial charge in [0.1, 0.15) is 10.7 Å². The van der Waals surface area contributed by atoms with E-state index in [0.717, 1.165) is 38.5 Å². The van der Waals surface area contributed by atoms with Gasteiger partial charge in [0.2, 0.25) is 10.0 Å². The van der Waals surface area contributed by atoms with Crippen molar-refractivity contribution in [2.45, 2.75) is 62.4 Å². The monoisotopic (exact) mass is 312 g/mol. The topological polar surface area (TPSA) is 93.6 Å². The summed E-state index contributed by atoms with van der Waals surface area (Å²) >= 11 is 0. The Bertz CT molecular complexity index is 655. The predicted molar refractivity (Wildman–Crippen MR) is 76.3 cm³/mol. The highest BCUT2D eigenvalue weighted by Gasteiger charge is 2.40. The van der Waals surface area contributed by atoms with Crippen LogP contribution in [-0.2, 0) is 10.0 Å². The van der Waals surface area contributed by atoms with E-state index in [2.05, 4.69) is 0 Å². The van der Waals surface area contributed by atoms with Crippen LogP contribution in [-0.4, -0.2) is 31.3 Å². The Morgan fingerprint density at radius 1 is 1.24 bits per heavy atom. The van der Waals surface area contributed by atoms with Crippen molar-refractivity contribution in [3.63, 3.8) is 0 Å². The summed E-state index contributed by atoms with van der Waals surface area (Å²) in [7, 11) is -3.86. The number of aryl methyl sites for hydroxylation is 1. The molecule has 0 aliphatic heterocycles. The molecule has 1 aromatic rings. The number of rotatable bonds is 4. The molecule has 0 saturated heterocycles. The standard InChI is InChI=1S/C14H20N2O4S/c1-9-13(21(15,18)19)8-12(20-9)14(17)16(11-6-7-11)10-4-2-3-5-10/h8,10-11H,2-7H2,1H3,(H2,15,18,19). The maximum Gasteiger partial charge on any atom is 0.290 e. The van der Waals surface area contributed by atoms with Gasteiger partial charge in [-0.05, 0) is 32.6 Å². The van der Waals surface area contributed by atoms with Gasteiger partial charge in [-0.25, -0.2) is 13.6 Å². The predicted octanol–water partition coefficient (Wildman–Crippen LogP) is 1.78. The van der Waals surface area contributed by atoms with E-state index >= 15 is 0 Å². The summed E-state index contributed by atoms with van der Waals surface area (Å²) in [6.07, 6.45) is 6.35. The van der Waals surface area contributed by atoms with Gasteiger partial charge in [0.25, 0.3) is 5.91 Å². The Kier molecular flexibility index (Phi) is 3.57. The fraction of sp³-hybridized carbons (Fsp3) is 0.643. The Morgan fingerprint density at radius 3 is 2.29 bits per heavy atom. The molecule has 2 aliphatic carbocycles. The van der Waals surface area contributed by atoms with Gasteiger partial charge in [-0.2, -0.15) is 0 Å². The smallest absolute Gasteiger partial charge is 0.290 e. The molecule has 2 aliphatic rings. The maximum atomic E-state index is 12.7. The van der Waals surface area contributed by atoms with E-state index in [9.17, 15) is 13.2 Å². The Morgan fingerprint density at radius 2 is 1.81 bits per heavy atom. The van der Waals surface area contributed by atoms with E-state index < -0.39 is 10.0 Å². The lowest BCUT2D eigenvalue weighted by molar-refractivity contribution is 0.0630. The number of nitrogens with two attached hydrogens (primary N) is 1. The number of amides is 1. The number of primary sulfonamides is 1. The first-order valence-corrected chi connectivity index (χ1v) is 8.88. The summed E-state index contributed by atoms with van der Waals surface area (Å²) in [6, 6.07) is 1.80. The molecule has 0 spiro atoms. The normalized spacial score (nSPS) is 19.9. The van der Waals surface area contributed by atoms with Crippen molar-refractivity contribution in [2.24, 2.45) is 5.14 Å². The van der Waals surface area contributed by atoms with Crippen LogP contribution in [0.4, 0.5) is 0 Å². The Labute approximate surface area is 124 Å². The molecule has 0 bridgehead atoms. The number of hydrogen-bond acceptors (Lipinski definition) is 4. The summed E-state index contributed by atoms with van der Waals surface area (Å²) in [6.45, 7) is 1.51. The lowest BCUT2D eigenvalue weighted by Crippen LogP contribution is -2.40. The molecule has 21 heavy (non-hydrogen) atoms. The van der Waals surface area contributed by atoms with Crippen molar-refractivity contribution < 1.29 is 17.6 Å². The summed E-state index contributed by atoms with van der Waals surface area (Å²) < 4.78 is 28.3. The second kappa shape index (κ2) is 5.14. The van der Waals surface area contributed by atoms with Gasteiger partial charge < -0.3 is 9.32 Å². The van der Waals surface area contributed by atoms with Crippen LogP contribution in [0.5, 0.6) is 0 Å². The molecule has 2 N–H and O–H groups in total. The third kappa shape index (κ3) is 2.85. The second-order valence-electron chi connectivity index (χ2n) is 5.96. The number of carbonyl (C=O) groups excluding carboxylic acids is 1. The van der Waals surface area contributed by atoms with Gasteiger partial charge in [0, 0.05) is 18.2 Å². The van der Waals surface area contributed by atoms with Crippen molar-refractivity contribution in [1.82, 2.24) is 4.90 Å². The van der Waals surface area contributed by atoms with Crippen molar-refractivity contribution in [3.8, 4) is 0 Å². The van der Waals surface area contributed by atoms with Crippen molar-refractivity contribution in [2.75, 3.05) is 0 Å². The molecule has 1 heterocycles. The minimum Gasteiger partial charge on any atom is -0.455 e. The minimum absolute atomic E-state index is 0.0790. The zero-order valence-electron chi connectivity index (χ0n) is 12.0. The molecule has 2 fully saturated rings. The zero-order chi connectivity index (χ0) is 15.2. The molecule has 0 aromatic carbocycles. The SMILES string of the molecule is Cc1oc(C(=O)N(C2CCCC2)C2CC2)cc1S(N)(=O)=O. The lowest BCUT2D eigenvalue weighted by atomic mass is 10.2. The molecule has 0 unspecified atom stereocenters. The average Bonchev–Trinajstić information content (AvgIpc) is 2.91. The number of nitrogens with zero attached hydrogens (tertiary/aromatic N) is 1. The largest absolute Gasteiger partial charge is 0.455 e. The fourth-order valence-corrected chi connectivity index (χ4v) is 3.86. The van der Waals surface area contributed by atoms with Gasteiger partial charge in [0.15, 0.2) is 5.76 Å². The van der Waals surface area contributed by atoms with E-state index in [1.165, 1.54) is 13.0 Å². The van der Waals surface area contributed by atoms with Gasteiger partial charge in [-0.3, -0.25) is 4.79 Å². The van der Waals surface area contributed by atoms with Crippen LogP contribution < -0.4 is 5.14 Å². The molecule has 0 atom stereocenters. The van der Waals surface area contributed by atoms with E-state index in [-0.39, 0.29) is 34.4 Å². The zero-order valence-corrected chi connectivity index (χ0v) is 12.9. The summed E-state index contributed by atoms with van der Waals surface area (Å²) in [5.41, 5.74) is 0. The Balaban J connectivity index is 1.89. The molecule has 6 nitrogen and oxygen atoms in total. The first-order chi connectivity index (χ1) is 9.88. The highest BCUT2D eigenvalue weighted by Crippen LogP contribution is 2.36. The van der Waals surface area contributed by atoms with Gasteiger partial charge >= 0.3 is 0 Å². The van der Waals surface area contributed by atoms with E-state index in [4.69, 9.17) is 9.56 Å². The van der Waals surface area contributed by atoms with Crippen LogP contribution in [0.15, 0.2) is 15.4 Å². The van der Waals surface area contributed by atoms with Crippen LogP contribution in [0, 0.1) is 6.92 Å². The quantitative estimate of drug-likeness (QED) is 0.917. The summed E-state index contributed by atoms with van der Waals surface area (Å²) in [5.74, 6) is 0.0424. The van der Waals surface area contributed by atoms with E-state index in [1.807, 2.05) is 4.90 Å². The minimum atomic E-state index is -3.86. The summed E-state index contributed by atoms with van der Waals surface area (Å²) in [4.78, 5) is 14.5. The molecule has 0 radical (unpaired) electrons. The molecule has 3 rings (SSSR count). The van der Waals surface area contributed by atoms with Crippen molar-refractivity contribution >= 4 is 15.9 Å². The molecule has 1 aromatic heterocycles. The highest BCUT2D eigenvalue weighted by molar-refractivity contribution is 7.89. The average molecular weight is 312 g/mol. The fourth-order valence-electron chi connectivity index (χ4n) is 3.15. The molecule has 116 valence electrons. The number of sulfonamides is 1. The van der Waals surface area contributed by atoms with E-state index in [1.54, 1.807) is 0 Å². The molecule has 2 saturated carbocycles. The number of furan rings is 1. The van der Waals surface area contributed by atoms with Crippen LogP contribution in [0.1, 0.15) is 54.8 Å². The first kappa shape index (κ1) is 14.6. The van der Waals surface area contributed by atoms with Crippen LogP contribution >= 0.6 is 0 Å². The van der Waals surface area contributed by atoms with Crippen LogP contribution in [0.3, 0.4) is 0 Å². The third-order valence-electron chi connectivity index (χ3n) is 4.28. The highest BCUT2D eigenvalue weighted by atomic mass is 32.2. The number of hydrogen-bond donors (Lipinski definition) is 1. The molecule has 1 amide bonds. The molecular weight excluding hydrogens is 292 g/mol. The van der Waals surface area contributed by atoms with Crippen molar-refractivity contribution in [3.05, 3.63) is 17.6 Å². The lowest BCUT2D eigenvalue weighted by Gasteiger charge is -2.28. The van der Waals surface area contributed by atoms with Gasteiger partial charge in [0.05, 0.1) is 0 Å². The van der Waals surface area contributed by atoms with Crippen LogP contribution in [0.25, 0.3) is 0 Å². The van der Waals surface area contributed by atoms with Gasteiger partial charge in [-0.15, -0.1) is 0 Å². The summed E-state index contributed by atoms with van der Waals surface area (Å²) in [5, 5.41) is 5.13. The second-order valence-corrected chi connectivity index (χ2v) is 7.49. The Hall–Kier alpha value is -1.34. The third-order valence-corrected chi connectivity index (χ3v) is 5.30.